The molecule has 20 heavy (non-hydrogen) atoms. The molecule has 0 amide bonds. The van der Waals surface area contributed by atoms with Gasteiger partial charge in [0.25, 0.3) is 5.56 Å². The first-order valence-electron chi connectivity index (χ1n) is 5.72. The van der Waals surface area contributed by atoms with E-state index in [4.69, 9.17) is 11.6 Å². The molecule has 2 aromatic rings. The van der Waals surface area contributed by atoms with Crippen molar-refractivity contribution >= 4 is 22.5 Å². The lowest BCUT2D eigenvalue weighted by atomic mass is 10.1. The lowest BCUT2D eigenvalue weighted by Gasteiger charge is -2.17. The van der Waals surface area contributed by atoms with Gasteiger partial charge in [-0.25, -0.2) is 4.98 Å². The van der Waals surface area contributed by atoms with Gasteiger partial charge in [0.1, 0.15) is 0 Å². The van der Waals surface area contributed by atoms with Gasteiger partial charge in [-0.15, -0.1) is 0 Å². The Hall–Kier alpha value is -1.60. The molecule has 1 heterocycles. The summed E-state index contributed by atoms with van der Waals surface area (Å²) in [6.45, 7) is 1.59. The van der Waals surface area contributed by atoms with Crippen LogP contribution in [0.3, 0.4) is 0 Å². The Labute approximate surface area is 117 Å². The van der Waals surface area contributed by atoms with Crippen LogP contribution in [0.15, 0.2) is 23.0 Å². The van der Waals surface area contributed by atoms with E-state index in [2.05, 4.69) is 10.3 Å². The van der Waals surface area contributed by atoms with E-state index in [9.17, 15) is 18.0 Å². The van der Waals surface area contributed by atoms with Gasteiger partial charge in [0.05, 0.1) is 22.6 Å². The van der Waals surface area contributed by atoms with Crippen LogP contribution in [-0.4, -0.2) is 16.6 Å². The molecule has 1 aromatic heterocycles. The Morgan fingerprint density at radius 2 is 2.05 bits per heavy atom. The van der Waals surface area contributed by atoms with E-state index in [1.165, 1.54) is 12.1 Å². The van der Waals surface area contributed by atoms with Gasteiger partial charge in [0.15, 0.2) is 0 Å². The van der Waals surface area contributed by atoms with Gasteiger partial charge >= 0.3 is 6.18 Å². The molecular formula is C12H11ClF3N3O. The fourth-order valence-electron chi connectivity index (χ4n) is 1.92. The second-order valence-corrected chi connectivity index (χ2v) is 4.56. The predicted molar refractivity (Wildman–Crippen MR) is 69.8 cm³/mol. The van der Waals surface area contributed by atoms with Gasteiger partial charge in [0.2, 0.25) is 5.28 Å². The van der Waals surface area contributed by atoms with Crippen LogP contribution in [0.5, 0.6) is 0 Å². The van der Waals surface area contributed by atoms with Gasteiger partial charge in [-0.3, -0.25) is 9.36 Å². The van der Waals surface area contributed by atoms with Crippen molar-refractivity contribution in [3.8, 4) is 0 Å². The fraction of sp³-hybridized carbons (Fsp3) is 0.333. The van der Waals surface area contributed by atoms with Crippen molar-refractivity contribution in [1.29, 1.82) is 0 Å². The minimum Gasteiger partial charge on any atom is -0.300 e. The zero-order valence-corrected chi connectivity index (χ0v) is 11.4. The van der Waals surface area contributed by atoms with Crippen LogP contribution in [0.1, 0.15) is 18.7 Å². The summed E-state index contributed by atoms with van der Waals surface area (Å²) in [4.78, 5) is 16.2. The molecule has 2 rings (SSSR count). The number of halogens is 4. The first-order valence-corrected chi connectivity index (χ1v) is 6.10. The molecule has 1 atom stereocenters. The molecule has 0 radical (unpaired) electrons. The van der Waals surface area contributed by atoms with Crippen LogP contribution in [0.25, 0.3) is 10.9 Å². The summed E-state index contributed by atoms with van der Waals surface area (Å²) < 4.78 is 40.0. The van der Waals surface area contributed by atoms with Crippen molar-refractivity contribution in [2.45, 2.75) is 19.3 Å². The summed E-state index contributed by atoms with van der Waals surface area (Å²) in [5, 5.41) is 2.10. The second-order valence-electron chi connectivity index (χ2n) is 4.22. The van der Waals surface area contributed by atoms with E-state index in [-0.39, 0.29) is 10.8 Å². The highest BCUT2D eigenvalue weighted by atomic mass is 35.5. The molecule has 0 saturated heterocycles. The zero-order chi connectivity index (χ0) is 15.1. The number of hydrogen-bond acceptors (Lipinski definition) is 3. The highest BCUT2D eigenvalue weighted by Gasteiger charge is 2.34. The standard InChI is InChI=1S/C12H11ClF3N3O/c1-6(17-2)19-10(20)9-7(12(14,15)16)4-3-5-8(9)18-11(19)13/h3-6,17H,1-2H3. The summed E-state index contributed by atoms with van der Waals surface area (Å²) >= 11 is 5.88. The molecule has 0 aliphatic heterocycles. The molecule has 1 unspecified atom stereocenters. The van der Waals surface area contributed by atoms with Gasteiger partial charge in [-0.05, 0) is 37.7 Å². The normalized spacial score (nSPS) is 13.7. The highest BCUT2D eigenvalue weighted by Crippen LogP contribution is 2.33. The minimum absolute atomic E-state index is 0.0746. The smallest absolute Gasteiger partial charge is 0.300 e. The number of alkyl halides is 3. The molecule has 0 aliphatic carbocycles. The SMILES string of the molecule is CNC(C)n1c(Cl)nc2cccc(C(F)(F)F)c2c1=O. The molecule has 0 saturated carbocycles. The van der Waals surface area contributed by atoms with Crippen molar-refractivity contribution in [1.82, 2.24) is 14.9 Å². The number of nitrogens with zero attached hydrogens (tertiary/aromatic N) is 2. The summed E-state index contributed by atoms with van der Waals surface area (Å²) in [5.41, 5.74) is -1.91. The van der Waals surface area contributed by atoms with E-state index < -0.39 is 28.9 Å². The van der Waals surface area contributed by atoms with Crippen molar-refractivity contribution in [2.24, 2.45) is 0 Å². The molecular weight excluding hydrogens is 295 g/mol. The van der Waals surface area contributed by atoms with Gasteiger partial charge in [-0.2, -0.15) is 13.2 Å². The van der Waals surface area contributed by atoms with Crippen molar-refractivity contribution in [3.63, 3.8) is 0 Å². The van der Waals surface area contributed by atoms with Crippen LogP contribution in [0, 0.1) is 0 Å². The third kappa shape index (κ3) is 2.38. The summed E-state index contributed by atoms with van der Waals surface area (Å²) in [6.07, 6.45) is -5.21. The third-order valence-electron chi connectivity index (χ3n) is 3.00. The Kier molecular flexibility index (Phi) is 3.75. The summed E-state index contributed by atoms with van der Waals surface area (Å²) in [7, 11) is 1.56. The molecule has 0 spiro atoms. The molecule has 0 aliphatic rings. The lowest BCUT2D eigenvalue weighted by Crippen LogP contribution is -2.32. The predicted octanol–water partition coefficient (Wildman–Crippen LogP) is 2.81. The molecule has 4 nitrogen and oxygen atoms in total. The van der Waals surface area contributed by atoms with E-state index in [0.717, 1.165) is 10.6 Å². The number of nitrogens with one attached hydrogen (secondary N) is 1. The van der Waals surface area contributed by atoms with Gasteiger partial charge in [-0.1, -0.05) is 6.07 Å². The maximum Gasteiger partial charge on any atom is 0.417 e. The Balaban J connectivity index is 2.92. The first kappa shape index (κ1) is 14.8. The van der Waals surface area contributed by atoms with E-state index >= 15 is 0 Å². The minimum atomic E-state index is -4.63. The summed E-state index contributed by atoms with van der Waals surface area (Å²) in [6, 6.07) is 3.37. The number of benzene rings is 1. The monoisotopic (exact) mass is 305 g/mol. The fourth-order valence-corrected chi connectivity index (χ4v) is 2.23. The first-order chi connectivity index (χ1) is 9.27. The van der Waals surface area contributed by atoms with Crippen molar-refractivity contribution < 1.29 is 13.2 Å². The van der Waals surface area contributed by atoms with E-state index in [1.54, 1.807) is 14.0 Å². The number of aromatic nitrogens is 2. The van der Waals surface area contributed by atoms with Crippen LogP contribution in [0.2, 0.25) is 5.28 Å². The largest absolute Gasteiger partial charge is 0.417 e. The highest BCUT2D eigenvalue weighted by molar-refractivity contribution is 6.28. The van der Waals surface area contributed by atoms with Crippen molar-refractivity contribution in [2.75, 3.05) is 7.05 Å². The Bertz CT molecular complexity index is 711. The zero-order valence-electron chi connectivity index (χ0n) is 10.6. The van der Waals surface area contributed by atoms with Crippen LogP contribution in [-0.2, 0) is 6.18 Å². The van der Waals surface area contributed by atoms with E-state index in [0.29, 0.717) is 0 Å². The van der Waals surface area contributed by atoms with Gasteiger partial charge in [0, 0.05) is 0 Å². The average Bonchev–Trinajstić information content (AvgIpc) is 2.36. The van der Waals surface area contributed by atoms with Gasteiger partial charge < -0.3 is 5.32 Å². The quantitative estimate of drug-likeness (QED) is 0.868. The lowest BCUT2D eigenvalue weighted by molar-refractivity contribution is -0.136. The molecule has 1 aromatic carbocycles. The third-order valence-corrected chi connectivity index (χ3v) is 3.26. The maximum atomic E-state index is 13.0. The topological polar surface area (TPSA) is 46.9 Å². The average molecular weight is 306 g/mol. The van der Waals surface area contributed by atoms with Crippen LogP contribution >= 0.6 is 11.6 Å². The molecule has 1 N–H and O–H groups in total. The maximum absolute atomic E-state index is 13.0. The molecule has 0 fully saturated rings. The van der Waals surface area contributed by atoms with E-state index in [1.807, 2.05) is 0 Å². The molecule has 0 bridgehead atoms. The molecule has 8 heteroatoms. The number of hydrogen-bond donors (Lipinski definition) is 1. The number of rotatable bonds is 2. The molecule has 108 valence electrons. The Morgan fingerprint density at radius 3 is 2.60 bits per heavy atom. The van der Waals surface area contributed by atoms with Crippen molar-refractivity contribution in [3.05, 3.63) is 39.4 Å². The van der Waals surface area contributed by atoms with Crippen LogP contribution < -0.4 is 10.9 Å². The van der Waals surface area contributed by atoms with Crippen LogP contribution in [0.4, 0.5) is 13.2 Å². The second kappa shape index (κ2) is 5.06. The number of fused-ring (bicyclic) bond motifs is 1. The Morgan fingerprint density at radius 1 is 1.40 bits per heavy atom. The summed E-state index contributed by atoms with van der Waals surface area (Å²) in [5.74, 6) is 0.